The van der Waals surface area contributed by atoms with E-state index in [0.717, 1.165) is 68.7 Å². The minimum atomic E-state index is -0.743. The first-order chi connectivity index (χ1) is 17.2. The van der Waals surface area contributed by atoms with E-state index in [1.54, 1.807) is 12.4 Å². The highest BCUT2D eigenvalue weighted by atomic mass is 16.5. The zero-order chi connectivity index (χ0) is 23.7. The van der Waals surface area contributed by atoms with Crippen LogP contribution in [0.1, 0.15) is 44.1 Å². The van der Waals surface area contributed by atoms with Crippen LogP contribution in [0.5, 0.6) is 0 Å². The van der Waals surface area contributed by atoms with E-state index in [0.29, 0.717) is 25.1 Å². The van der Waals surface area contributed by atoms with Crippen LogP contribution in [0.4, 0.5) is 17.5 Å². The Kier molecular flexibility index (Phi) is 6.28. The second kappa shape index (κ2) is 9.70. The van der Waals surface area contributed by atoms with E-state index in [1.165, 1.54) is 25.7 Å². The molecule has 3 aliphatic heterocycles. The largest absolute Gasteiger partial charge is 0.378 e. The second-order valence-electron chi connectivity index (χ2n) is 10.5. The molecule has 0 radical (unpaired) electrons. The van der Waals surface area contributed by atoms with Gasteiger partial charge in [0, 0.05) is 38.4 Å². The summed E-state index contributed by atoms with van der Waals surface area (Å²) in [7, 11) is 0. The van der Waals surface area contributed by atoms with Gasteiger partial charge in [0.25, 0.3) is 0 Å². The van der Waals surface area contributed by atoms with Gasteiger partial charge in [-0.2, -0.15) is 0 Å². The third-order valence-electron chi connectivity index (χ3n) is 7.86. The van der Waals surface area contributed by atoms with Crippen molar-refractivity contribution in [2.75, 3.05) is 61.1 Å². The maximum atomic E-state index is 13.4. The second-order valence-corrected chi connectivity index (χ2v) is 10.5. The molecule has 1 saturated carbocycles. The normalized spacial score (nSPS) is 23.7. The molecule has 4 aliphatic rings. The first-order valence-corrected chi connectivity index (χ1v) is 13.1. The summed E-state index contributed by atoms with van der Waals surface area (Å²) in [6.07, 6.45) is 12.7. The summed E-state index contributed by atoms with van der Waals surface area (Å²) in [4.78, 5) is 31.7. The van der Waals surface area contributed by atoms with Crippen molar-refractivity contribution in [2.24, 2.45) is 5.92 Å². The van der Waals surface area contributed by atoms with Crippen LogP contribution in [0.25, 0.3) is 0 Å². The first-order valence-electron chi connectivity index (χ1n) is 13.1. The first kappa shape index (κ1) is 22.7. The lowest BCUT2D eigenvalue weighted by Crippen LogP contribution is -2.55. The van der Waals surface area contributed by atoms with E-state index in [4.69, 9.17) is 9.72 Å². The summed E-state index contributed by atoms with van der Waals surface area (Å²) >= 11 is 0. The molecular weight excluding hydrogens is 442 g/mol. The standard InChI is InChI=1S/C26H35N7O2/c34-25(31-22-14-27-15-24(30-22)32-9-1-2-10-32)26(17-35-18-26)20-7-8-23(29-13-20)33-11-3-4-21(16-33)28-12-19-5-6-19/h7-8,13-15,19,21,28H,1-6,9-12,16-18H2,(H,30,31,34)/t21-/m1/s1. The van der Waals surface area contributed by atoms with Gasteiger partial charge >= 0.3 is 0 Å². The van der Waals surface area contributed by atoms with Crippen molar-refractivity contribution in [2.45, 2.75) is 50.0 Å². The summed E-state index contributed by atoms with van der Waals surface area (Å²) in [5.41, 5.74) is 0.140. The number of aromatic nitrogens is 3. The fourth-order valence-electron chi connectivity index (χ4n) is 5.35. The number of carbonyl (C=O) groups excluding carboxylic acids is 1. The Morgan fingerprint density at radius 3 is 2.54 bits per heavy atom. The topological polar surface area (TPSA) is 95.5 Å². The molecule has 35 heavy (non-hydrogen) atoms. The molecule has 1 aliphatic carbocycles. The van der Waals surface area contributed by atoms with Crippen molar-refractivity contribution < 1.29 is 9.53 Å². The number of ether oxygens (including phenoxy) is 1. The molecule has 9 heteroatoms. The maximum Gasteiger partial charge on any atom is 0.241 e. The minimum absolute atomic E-state index is 0.117. The number of piperidine rings is 1. The van der Waals surface area contributed by atoms with Gasteiger partial charge < -0.3 is 25.2 Å². The number of hydrogen-bond acceptors (Lipinski definition) is 8. The summed E-state index contributed by atoms with van der Waals surface area (Å²) in [5.74, 6) is 3.05. The molecule has 2 aromatic rings. The van der Waals surface area contributed by atoms with Crippen LogP contribution < -0.4 is 20.4 Å². The van der Waals surface area contributed by atoms with Crippen molar-refractivity contribution in [1.82, 2.24) is 20.3 Å². The number of carbonyl (C=O) groups is 1. The summed E-state index contributed by atoms with van der Waals surface area (Å²) in [6, 6.07) is 4.62. The van der Waals surface area contributed by atoms with E-state index in [2.05, 4.69) is 36.5 Å². The van der Waals surface area contributed by atoms with Gasteiger partial charge in [0.05, 0.1) is 25.6 Å². The van der Waals surface area contributed by atoms with Gasteiger partial charge in [-0.05, 0) is 62.6 Å². The molecule has 0 unspecified atom stereocenters. The average molecular weight is 478 g/mol. The van der Waals surface area contributed by atoms with E-state index in [-0.39, 0.29) is 5.91 Å². The zero-order valence-electron chi connectivity index (χ0n) is 20.3. The highest BCUT2D eigenvalue weighted by Gasteiger charge is 2.48. The highest BCUT2D eigenvalue weighted by Crippen LogP contribution is 2.34. The molecule has 6 rings (SSSR count). The Labute approximate surface area is 206 Å². The average Bonchev–Trinajstić information content (AvgIpc) is 3.53. The van der Waals surface area contributed by atoms with Gasteiger partial charge in [0.1, 0.15) is 17.1 Å². The van der Waals surface area contributed by atoms with Gasteiger partial charge in [0.2, 0.25) is 5.91 Å². The van der Waals surface area contributed by atoms with Crippen molar-refractivity contribution in [3.63, 3.8) is 0 Å². The van der Waals surface area contributed by atoms with E-state index in [1.807, 2.05) is 12.3 Å². The lowest BCUT2D eigenvalue weighted by Gasteiger charge is -2.40. The lowest BCUT2D eigenvalue weighted by molar-refractivity contribution is -0.139. The Morgan fingerprint density at radius 2 is 1.83 bits per heavy atom. The van der Waals surface area contributed by atoms with Crippen LogP contribution in [0.2, 0.25) is 0 Å². The summed E-state index contributed by atoms with van der Waals surface area (Å²) in [6.45, 7) is 5.81. The Morgan fingerprint density at radius 1 is 1.00 bits per heavy atom. The molecule has 0 spiro atoms. The highest BCUT2D eigenvalue weighted by molar-refractivity contribution is 5.99. The van der Waals surface area contributed by atoms with Crippen LogP contribution in [-0.4, -0.2) is 72.8 Å². The smallest absolute Gasteiger partial charge is 0.241 e. The number of amides is 1. The SMILES string of the molecule is O=C(Nc1cncc(N2CCCC2)n1)C1(c2ccc(N3CCC[C@@H](NCC4CC4)C3)nc2)COC1. The number of rotatable bonds is 8. The molecule has 2 N–H and O–H groups in total. The Hall–Kier alpha value is -2.78. The van der Waals surface area contributed by atoms with Gasteiger partial charge in [-0.15, -0.1) is 0 Å². The molecule has 2 aromatic heterocycles. The summed E-state index contributed by atoms with van der Waals surface area (Å²) < 4.78 is 5.52. The number of nitrogens with zero attached hydrogens (tertiary/aromatic N) is 5. The van der Waals surface area contributed by atoms with Gasteiger partial charge in [-0.25, -0.2) is 9.97 Å². The third kappa shape index (κ3) is 4.84. The van der Waals surface area contributed by atoms with Gasteiger partial charge in [-0.1, -0.05) is 6.07 Å². The van der Waals surface area contributed by atoms with Crippen LogP contribution in [-0.2, 0) is 14.9 Å². The predicted molar refractivity (Wildman–Crippen MR) is 135 cm³/mol. The van der Waals surface area contributed by atoms with E-state index < -0.39 is 5.41 Å². The molecule has 0 aromatic carbocycles. The fourth-order valence-corrected chi connectivity index (χ4v) is 5.35. The lowest BCUT2D eigenvalue weighted by atomic mass is 9.78. The van der Waals surface area contributed by atoms with Crippen LogP contribution >= 0.6 is 0 Å². The van der Waals surface area contributed by atoms with Crippen LogP contribution in [0, 0.1) is 5.92 Å². The van der Waals surface area contributed by atoms with E-state index in [9.17, 15) is 4.79 Å². The quantitative estimate of drug-likeness (QED) is 0.598. The van der Waals surface area contributed by atoms with Crippen molar-refractivity contribution in [3.05, 3.63) is 36.3 Å². The van der Waals surface area contributed by atoms with Gasteiger partial charge in [-0.3, -0.25) is 9.78 Å². The van der Waals surface area contributed by atoms with E-state index >= 15 is 0 Å². The monoisotopic (exact) mass is 477 g/mol. The number of anilines is 3. The minimum Gasteiger partial charge on any atom is -0.378 e. The maximum absolute atomic E-state index is 13.4. The molecule has 0 bridgehead atoms. The number of hydrogen-bond donors (Lipinski definition) is 2. The Balaban J connectivity index is 1.12. The zero-order valence-corrected chi connectivity index (χ0v) is 20.3. The van der Waals surface area contributed by atoms with Crippen LogP contribution in [0.3, 0.4) is 0 Å². The number of nitrogens with one attached hydrogen (secondary N) is 2. The summed E-state index contributed by atoms with van der Waals surface area (Å²) in [5, 5.41) is 6.74. The fraction of sp³-hybridized carbons (Fsp3) is 0.615. The van der Waals surface area contributed by atoms with Crippen molar-refractivity contribution >= 4 is 23.4 Å². The number of pyridine rings is 1. The molecule has 9 nitrogen and oxygen atoms in total. The Bertz CT molecular complexity index is 1030. The molecule has 5 heterocycles. The van der Waals surface area contributed by atoms with Crippen molar-refractivity contribution in [1.29, 1.82) is 0 Å². The molecule has 4 fully saturated rings. The molecule has 1 amide bonds. The molecular formula is C26H35N7O2. The van der Waals surface area contributed by atoms with Gasteiger partial charge in [0.15, 0.2) is 5.82 Å². The van der Waals surface area contributed by atoms with Crippen molar-refractivity contribution in [3.8, 4) is 0 Å². The predicted octanol–water partition coefficient (Wildman–Crippen LogP) is 2.35. The molecule has 3 saturated heterocycles. The third-order valence-corrected chi connectivity index (χ3v) is 7.86. The molecule has 1 atom stereocenters. The van der Waals surface area contributed by atoms with Crippen LogP contribution in [0.15, 0.2) is 30.7 Å². The molecule has 186 valence electrons.